The number of benzene rings is 2. The van der Waals surface area contributed by atoms with E-state index in [9.17, 15) is 14.7 Å². The molecule has 0 radical (unpaired) electrons. The molecule has 1 N–H and O–H groups in total. The highest BCUT2D eigenvalue weighted by atomic mass is 79.9. The zero-order valence-electron chi connectivity index (χ0n) is 21.9. The molecular weight excluding hydrogens is 578 g/mol. The summed E-state index contributed by atoms with van der Waals surface area (Å²) in [5, 5.41) is 19.9. The molecule has 6 rings (SSSR count). The Bertz CT molecular complexity index is 1660. The van der Waals surface area contributed by atoms with Crippen molar-refractivity contribution in [1.82, 2.24) is 14.0 Å². The van der Waals surface area contributed by atoms with Gasteiger partial charge >= 0.3 is 5.91 Å². The molecule has 0 unspecified atom stereocenters. The molecule has 11 heteroatoms. The minimum atomic E-state index is -0.580. The average Bonchev–Trinajstić information content (AvgIpc) is 3.20. The standard InChI is InChI=1S/C29H28BrN5O5/c1-39-21-6-8-22(9-7-21)40-16-26(36)31-32-28-23-12-20(30)5-10-25(23)35(29(28)38)17-33-13-18-11-19(15-33)24-3-2-4-27(37)34(24)14-18/h2-10,12,18-19,38H,11,13-17H2,1H3/t18-,19+/m1/s1. The van der Waals surface area contributed by atoms with Crippen LogP contribution in [0.3, 0.4) is 0 Å². The molecular formula is C29H28BrN5O5. The summed E-state index contributed by atoms with van der Waals surface area (Å²) in [6.45, 7) is 2.43. The van der Waals surface area contributed by atoms with E-state index in [0.29, 0.717) is 36.0 Å². The molecule has 40 heavy (non-hydrogen) atoms. The van der Waals surface area contributed by atoms with E-state index >= 15 is 0 Å². The molecule has 0 spiro atoms. The van der Waals surface area contributed by atoms with Gasteiger partial charge in [0.15, 0.2) is 12.3 Å². The van der Waals surface area contributed by atoms with Crippen molar-refractivity contribution in [1.29, 1.82) is 0 Å². The van der Waals surface area contributed by atoms with Gasteiger partial charge in [0.05, 0.1) is 19.3 Å². The number of methoxy groups -OCH3 is 1. The van der Waals surface area contributed by atoms with Crippen LogP contribution < -0.4 is 15.0 Å². The third-order valence-electron chi connectivity index (χ3n) is 7.55. The van der Waals surface area contributed by atoms with E-state index in [-0.39, 0.29) is 29.7 Å². The number of halogens is 1. The predicted molar refractivity (Wildman–Crippen MR) is 152 cm³/mol. The highest BCUT2D eigenvalue weighted by Gasteiger charge is 2.35. The van der Waals surface area contributed by atoms with Crippen LogP contribution in [0, 0.1) is 5.92 Å². The number of hydrogen-bond acceptors (Lipinski definition) is 7. The van der Waals surface area contributed by atoms with E-state index in [1.54, 1.807) is 42.0 Å². The summed E-state index contributed by atoms with van der Waals surface area (Å²) in [5.41, 5.74) is 2.13. The number of likely N-dealkylation sites (tertiary alicyclic amines) is 1. The van der Waals surface area contributed by atoms with Crippen LogP contribution >= 0.6 is 15.9 Å². The quantitative estimate of drug-likeness (QED) is 0.295. The summed E-state index contributed by atoms with van der Waals surface area (Å²) in [5.74, 6) is 1.15. The SMILES string of the molecule is COc1ccc(OCC(=O)N=Nc2c(O)n(CN3C[C@H]4C[C@@H](C3)c3cccc(=O)n3C4)c3ccc(Br)cc23)cc1. The van der Waals surface area contributed by atoms with Gasteiger partial charge in [-0.1, -0.05) is 22.0 Å². The van der Waals surface area contributed by atoms with Crippen LogP contribution in [-0.4, -0.2) is 51.9 Å². The fourth-order valence-electron chi connectivity index (χ4n) is 5.80. The number of aromatic nitrogens is 2. The molecule has 2 aromatic carbocycles. The van der Waals surface area contributed by atoms with Crippen LogP contribution in [0.5, 0.6) is 17.4 Å². The van der Waals surface area contributed by atoms with Gasteiger partial charge in [0.1, 0.15) is 11.5 Å². The van der Waals surface area contributed by atoms with Crippen LogP contribution in [0.4, 0.5) is 5.69 Å². The fourth-order valence-corrected chi connectivity index (χ4v) is 6.16. The molecule has 2 atom stereocenters. The number of fused-ring (bicyclic) bond motifs is 5. The Morgan fingerprint density at radius 1 is 1.07 bits per heavy atom. The summed E-state index contributed by atoms with van der Waals surface area (Å²) >= 11 is 3.50. The number of pyridine rings is 1. The molecule has 2 aliphatic heterocycles. The van der Waals surface area contributed by atoms with Gasteiger partial charge in [-0.15, -0.1) is 10.2 Å². The number of aromatic hydroxyl groups is 1. The minimum Gasteiger partial charge on any atom is -0.497 e. The maximum Gasteiger partial charge on any atom is 0.302 e. The van der Waals surface area contributed by atoms with E-state index in [1.165, 1.54) is 0 Å². The fraction of sp³-hybridized carbons (Fsp3) is 0.310. The first-order valence-corrected chi connectivity index (χ1v) is 13.8. The number of piperidine rings is 1. The van der Waals surface area contributed by atoms with Crippen molar-refractivity contribution in [3.63, 3.8) is 0 Å². The lowest BCUT2D eigenvalue weighted by atomic mass is 9.83. The second-order valence-corrected chi connectivity index (χ2v) is 11.1. The molecule has 2 aliphatic rings. The Labute approximate surface area is 238 Å². The van der Waals surface area contributed by atoms with Gasteiger partial charge < -0.3 is 19.1 Å². The number of rotatable bonds is 7. The smallest absolute Gasteiger partial charge is 0.302 e. The molecule has 1 amide bonds. The van der Waals surface area contributed by atoms with Gasteiger partial charge in [0.2, 0.25) is 5.88 Å². The van der Waals surface area contributed by atoms with E-state index in [4.69, 9.17) is 9.47 Å². The first-order chi connectivity index (χ1) is 19.4. The normalized spacial score (nSPS) is 18.6. The molecule has 4 heterocycles. The summed E-state index contributed by atoms with van der Waals surface area (Å²) in [6, 6.07) is 18.0. The van der Waals surface area contributed by atoms with Crippen LogP contribution in [0.25, 0.3) is 10.9 Å². The molecule has 1 saturated heterocycles. The highest BCUT2D eigenvalue weighted by Crippen LogP contribution is 2.41. The van der Waals surface area contributed by atoms with Crippen molar-refractivity contribution < 1.29 is 19.4 Å². The average molecular weight is 606 g/mol. The number of ether oxygens (including phenoxy) is 2. The monoisotopic (exact) mass is 605 g/mol. The number of carbonyl (C=O) groups excluding carboxylic acids is 1. The van der Waals surface area contributed by atoms with Gasteiger partial charge in [0.25, 0.3) is 5.56 Å². The van der Waals surface area contributed by atoms with E-state index in [0.717, 1.165) is 35.2 Å². The maximum absolute atomic E-state index is 12.4. The Morgan fingerprint density at radius 2 is 1.88 bits per heavy atom. The Kier molecular flexibility index (Phi) is 7.16. The number of azo groups is 1. The van der Waals surface area contributed by atoms with Gasteiger partial charge in [-0.2, -0.15) is 0 Å². The third-order valence-corrected chi connectivity index (χ3v) is 8.05. The van der Waals surface area contributed by atoms with Gasteiger partial charge in [-0.25, -0.2) is 0 Å². The second kappa shape index (κ2) is 10.9. The van der Waals surface area contributed by atoms with Gasteiger partial charge in [-0.05, 0) is 60.9 Å². The number of nitrogens with zero attached hydrogens (tertiary/aromatic N) is 5. The van der Waals surface area contributed by atoms with Crippen molar-refractivity contribution in [3.8, 4) is 17.4 Å². The van der Waals surface area contributed by atoms with Gasteiger partial charge in [-0.3, -0.25) is 19.1 Å². The molecule has 0 saturated carbocycles. The first kappa shape index (κ1) is 26.3. The third kappa shape index (κ3) is 5.14. The summed E-state index contributed by atoms with van der Waals surface area (Å²) in [6.07, 6.45) is 1.05. The maximum atomic E-state index is 12.4. The summed E-state index contributed by atoms with van der Waals surface area (Å²) < 4.78 is 15.2. The largest absolute Gasteiger partial charge is 0.497 e. The van der Waals surface area contributed by atoms with Crippen molar-refractivity contribution in [2.24, 2.45) is 16.1 Å². The van der Waals surface area contributed by atoms with Crippen LogP contribution in [0.1, 0.15) is 18.0 Å². The molecule has 10 nitrogen and oxygen atoms in total. The van der Waals surface area contributed by atoms with E-state index < -0.39 is 5.91 Å². The Balaban J connectivity index is 1.21. The molecule has 1 fully saturated rings. The minimum absolute atomic E-state index is 0.0548. The van der Waals surface area contributed by atoms with Crippen molar-refractivity contribution >= 4 is 38.4 Å². The predicted octanol–water partition coefficient (Wildman–Crippen LogP) is 5.05. The van der Waals surface area contributed by atoms with Crippen molar-refractivity contribution in [2.75, 3.05) is 26.8 Å². The molecule has 0 aliphatic carbocycles. The molecule has 2 bridgehead atoms. The number of amides is 1. The topological polar surface area (TPSA) is 111 Å². The van der Waals surface area contributed by atoms with Crippen molar-refractivity contribution in [3.05, 3.63) is 81.2 Å². The zero-order valence-corrected chi connectivity index (χ0v) is 23.5. The highest BCUT2D eigenvalue weighted by molar-refractivity contribution is 9.10. The first-order valence-electron chi connectivity index (χ1n) is 13.0. The Hall–Kier alpha value is -3.96. The summed E-state index contributed by atoms with van der Waals surface area (Å²) in [4.78, 5) is 27.1. The molecule has 2 aromatic heterocycles. The van der Waals surface area contributed by atoms with Crippen LogP contribution in [-0.2, 0) is 18.0 Å². The van der Waals surface area contributed by atoms with Gasteiger partial charge in [0, 0.05) is 47.2 Å². The Morgan fingerprint density at radius 3 is 2.67 bits per heavy atom. The number of carbonyl (C=O) groups is 1. The second-order valence-electron chi connectivity index (χ2n) is 10.2. The van der Waals surface area contributed by atoms with E-state index in [2.05, 4.69) is 31.1 Å². The van der Waals surface area contributed by atoms with E-state index in [1.807, 2.05) is 34.9 Å². The van der Waals surface area contributed by atoms with Crippen LogP contribution in [0.2, 0.25) is 0 Å². The lowest BCUT2D eigenvalue weighted by molar-refractivity contribution is -0.120. The molecule has 206 valence electrons. The number of hydrogen-bond donors (Lipinski definition) is 1. The lowest BCUT2D eigenvalue weighted by Gasteiger charge is -2.42. The van der Waals surface area contributed by atoms with Crippen molar-refractivity contribution in [2.45, 2.75) is 25.6 Å². The van der Waals surface area contributed by atoms with Crippen LogP contribution in [0.15, 0.2) is 80.2 Å². The summed E-state index contributed by atoms with van der Waals surface area (Å²) in [7, 11) is 1.57. The lowest BCUT2D eigenvalue weighted by Crippen LogP contribution is -2.47. The zero-order chi connectivity index (χ0) is 27.8. The molecule has 4 aromatic rings.